The lowest BCUT2D eigenvalue weighted by Crippen LogP contribution is -2.39. The summed E-state index contributed by atoms with van der Waals surface area (Å²) >= 11 is 1.96. The number of aliphatic imine (C=N–C) groups is 1. The van der Waals surface area contributed by atoms with Crippen molar-refractivity contribution in [3.8, 4) is 0 Å². The summed E-state index contributed by atoms with van der Waals surface area (Å²) < 4.78 is 2.08. The van der Waals surface area contributed by atoms with E-state index in [1.807, 2.05) is 37.5 Å². The average Bonchev–Trinajstić information content (AvgIpc) is 3.47. The molecule has 1 aromatic heterocycles. The molecule has 164 valence electrons. The Morgan fingerprint density at radius 2 is 1.90 bits per heavy atom. The maximum Gasteiger partial charge on any atom is 0.193 e. The third-order valence-electron chi connectivity index (χ3n) is 5.42. The number of halogens is 1. The first-order valence-corrected chi connectivity index (χ1v) is 11.5. The van der Waals surface area contributed by atoms with Crippen LogP contribution in [-0.4, -0.2) is 46.3 Å². The molecule has 3 aromatic rings. The van der Waals surface area contributed by atoms with Crippen LogP contribution in [0.25, 0.3) is 0 Å². The minimum Gasteiger partial charge on any atom is -0.352 e. The van der Waals surface area contributed by atoms with Crippen LogP contribution in [0.5, 0.6) is 0 Å². The van der Waals surface area contributed by atoms with Gasteiger partial charge in [-0.15, -0.1) is 35.7 Å². The van der Waals surface area contributed by atoms with Crippen LogP contribution in [0.1, 0.15) is 17.5 Å². The third-order valence-corrected chi connectivity index (χ3v) is 6.67. The zero-order valence-corrected chi connectivity index (χ0v) is 21.0. The smallest absolute Gasteiger partial charge is 0.193 e. The fraction of sp³-hybridized carbons (Fsp3) is 0.333. The molecule has 2 aromatic carbocycles. The van der Waals surface area contributed by atoms with Gasteiger partial charge in [0.1, 0.15) is 0 Å². The maximum absolute atomic E-state index is 4.52. The van der Waals surface area contributed by atoms with Crippen LogP contribution in [0.2, 0.25) is 0 Å². The summed E-state index contributed by atoms with van der Waals surface area (Å²) in [6.07, 6.45) is 6.87. The van der Waals surface area contributed by atoms with Gasteiger partial charge < -0.3 is 14.8 Å². The number of imidazole rings is 1. The molecule has 31 heavy (non-hydrogen) atoms. The summed E-state index contributed by atoms with van der Waals surface area (Å²) in [7, 11) is 1.88. The van der Waals surface area contributed by atoms with Crippen molar-refractivity contribution in [2.24, 2.45) is 10.9 Å². The minimum atomic E-state index is 0. The highest BCUT2D eigenvalue weighted by atomic mass is 127. The molecule has 1 saturated heterocycles. The Morgan fingerprint density at radius 1 is 1.13 bits per heavy atom. The zero-order valence-electron chi connectivity index (χ0n) is 17.9. The van der Waals surface area contributed by atoms with Crippen LogP contribution in [0.3, 0.4) is 0 Å². The van der Waals surface area contributed by atoms with E-state index in [1.54, 1.807) is 0 Å². The minimum absolute atomic E-state index is 0. The summed E-state index contributed by atoms with van der Waals surface area (Å²) in [5, 5.41) is 3.54. The van der Waals surface area contributed by atoms with Crippen molar-refractivity contribution >= 4 is 41.7 Å². The van der Waals surface area contributed by atoms with Gasteiger partial charge in [0.15, 0.2) is 5.96 Å². The van der Waals surface area contributed by atoms with Crippen LogP contribution in [0, 0.1) is 5.92 Å². The number of nitrogens with one attached hydrogen (secondary N) is 1. The largest absolute Gasteiger partial charge is 0.352 e. The second kappa shape index (κ2) is 12.1. The van der Waals surface area contributed by atoms with Crippen LogP contribution in [0.4, 0.5) is 0 Å². The van der Waals surface area contributed by atoms with Gasteiger partial charge >= 0.3 is 0 Å². The molecule has 1 aliphatic heterocycles. The molecule has 5 nitrogen and oxygen atoms in total. The van der Waals surface area contributed by atoms with E-state index in [0.717, 1.165) is 37.9 Å². The average molecular weight is 548 g/mol. The van der Waals surface area contributed by atoms with Crippen LogP contribution >= 0.6 is 35.7 Å². The lowest BCUT2D eigenvalue weighted by Gasteiger charge is -2.22. The number of guanidine groups is 1. The van der Waals surface area contributed by atoms with Gasteiger partial charge in [0.05, 0.1) is 6.33 Å². The Morgan fingerprint density at radius 3 is 2.61 bits per heavy atom. The molecule has 0 spiro atoms. The second-order valence-electron chi connectivity index (χ2n) is 7.68. The lowest BCUT2D eigenvalue weighted by molar-refractivity contribution is 0.474. The fourth-order valence-corrected chi connectivity index (χ4v) is 4.81. The van der Waals surface area contributed by atoms with E-state index >= 15 is 0 Å². The monoisotopic (exact) mass is 547 g/mol. The molecule has 1 N–H and O–H groups in total. The van der Waals surface area contributed by atoms with E-state index < -0.39 is 0 Å². The van der Waals surface area contributed by atoms with Crippen molar-refractivity contribution < 1.29 is 0 Å². The predicted molar refractivity (Wildman–Crippen MR) is 140 cm³/mol. The molecule has 0 saturated carbocycles. The van der Waals surface area contributed by atoms with Crippen molar-refractivity contribution in [2.75, 3.05) is 25.9 Å². The molecule has 1 atom stereocenters. The van der Waals surface area contributed by atoms with Crippen LogP contribution in [0.15, 0.2) is 83.2 Å². The number of hydrogen-bond acceptors (Lipinski definition) is 3. The van der Waals surface area contributed by atoms with Gasteiger partial charge in [-0.3, -0.25) is 4.99 Å². The molecule has 1 aliphatic rings. The van der Waals surface area contributed by atoms with E-state index in [-0.39, 0.29) is 24.0 Å². The summed E-state index contributed by atoms with van der Waals surface area (Å²) in [6, 6.07) is 19.4. The summed E-state index contributed by atoms with van der Waals surface area (Å²) in [4.78, 5) is 12.4. The highest BCUT2D eigenvalue weighted by Gasteiger charge is 2.24. The Kier molecular flexibility index (Phi) is 9.27. The zero-order chi connectivity index (χ0) is 20.6. The molecule has 0 aliphatic carbocycles. The number of nitrogens with zero attached hydrogens (tertiary/aromatic N) is 4. The second-order valence-corrected chi connectivity index (χ2v) is 8.77. The number of thioether (sulfide) groups is 1. The number of hydrogen-bond donors (Lipinski definition) is 1. The first-order valence-electron chi connectivity index (χ1n) is 10.5. The molecule has 7 heteroatoms. The van der Waals surface area contributed by atoms with E-state index in [4.69, 9.17) is 0 Å². The predicted octanol–water partition coefficient (Wildman–Crippen LogP) is 4.74. The topological polar surface area (TPSA) is 45.5 Å². The Balaban J connectivity index is 0.00000272. The van der Waals surface area contributed by atoms with Crippen molar-refractivity contribution in [2.45, 2.75) is 24.4 Å². The molecule has 2 heterocycles. The van der Waals surface area contributed by atoms with Gasteiger partial charge in [0, 0.05) is 56.3 Å². The first kappa shape index (κ1) is 23.7. The first-order chi connectivity index (χ1) is 14.8. The molecule has 1 fully saturated rings. The Hall–Kier alpha value is -2.00. The summed E-state index contributed by atoms with van der Waals surface area (Å²) in [6.45, 7) is 3.79. The molecule has 1 unspecified atom stereocenters. The number of aromatic nitrogens is 2. The number of likely N-dealkylation sites (tertiary alicyclic amines) is 1. The molecular formula is C24H30IN5S. The standard InChI is InChI=1S/C24H29N5S.HI/c1-25-24(29-13-11-22(17-29)18-30-23-5-3-2-4-6-23)27-15-20-7-9-21(10-8-20)16-28-14-12-26-19-28;/h2-10,12,14,19,22H,11,13,15-18H2,1H3,(H,25,27);1H. The normalized spacial score (nSPS) is 16.2. The number of benzene rings is 2. The van der Waals surface area contributed by atoms with E-state index in [2.05, 4.69) is 79.4 Å². The molecule has 0 amide bonds. The fourth-order valence-electron chi connectivity index (χ4n) is 3.76. The van der Waals surface area contributed by atoms with Gasteiger partial charge in [-0.05, 0) is 35.6 Å². The van der Waals surface area contributed by atoms with Crippen molar-refractivity contribution in [3.05, 3.63) is 84.4 Å². The highest BCUT2D eigenvalue weighted by molar-refractivity contribution is 14.0. The molecular weight excluding hydrogens is 517 g/mol. The summed E-state index contributed by atoms with van der Waals surface area (Å²) in [5.74, 6) is 2.87. The Labute approximate surface area is 206 Å². The van der Waals surface area contributed by atoms with Gasteiger partial charge in [-0.1, -0.05) is 42.5 Å². The van der Waals surface area contributed by atoms with Crippen LogP contribution < -0.4 is 5.32 Å². The molecule has 0 bridgehead atoms. The van der Waals surface area contributed by atoms with Crippen molar-refractivity contribution in [1.29, 1.82) is 0 Å². The third kappa shape index (κ3) is 7.00. The highest BCUT2D eigenvalue weighted by Crippen LogP contribution is 2.25. The van der Waals surface area contributed by atoms with Gasteiger partial charge in [0.2, 0.25) is 0 Å². The van der Waals surface area contributed by atoms with E-state index in [9.17, 15) is 0 Å². The summed E-state index contributed by atoms with van der Waals surface area (Å²) in [5.41, 5.74) is 2.54. The van der Waals surface area contributed by atoms with Gasteiger partial charge in [-0.2, -0.15) is 0 Å². The van der Waals surface area contributed by atoms with Crippen LogP contribution in [-0.2, 0) is 13.1 Å². The van der Waals surface area contributed by atoms with E-state index in [1.165, 1.54) is 22.4 Å². The van der Waals surface area contributed by atoms with E-state index in [0.29, 0.717) is 5.92 Å². The maximum atomic E-state index is 4.52. The molecule has 4 rings (SSSR count). The number of rotatable bonds is 7. The SMILES string of the molecule is CN=C(NCc1ccc(Cn2ccnc2)cc1)N1CCC(CSc2ccccc2)C1.I. The van der Waals surface area contributed by atoms with Crippen molar-refractivity contribution in [1.82, 2.24) is 19.8 Å². The lowest BCUT2D eigenvalue weighted by atomic mass is 10.1. The van der Waals surface area contributed by atoms with Crippen molar-refractivity contribution in [3.63, 3.8) is 0 Å². The molecule has 0 radical (unpaired) electrons. The quantitative estimate of drug-likeness (QED) is 0.201. The van der Waals surface area contributed by atoms with Gasteiger partial charge in [0.25, 0.3) is 0 Å². The Bertz CT molecular complexity index is 928. The van der Waals surface area contributed by atoms with Gasteiger partial charge in [-0.25, -0.2) is 4.98 Å².